The molecule has 0 aliphatic rings. The summed E-state index contributed by atoms with van der Waals surface area (Å²) in [5.41, 5.74) is 4.20. The van der Waals surface area contributed by atoms with E-state index in [-0.39, 0.29) is 4.90 Å². The van der Waals surface area contributed by atoms with E-state index in [1.165, 1.54) is 18.3 Å². The van der Waals surface area contributed by atoms with Crippen LogP contribution in [0.4, 0.5) is 0 Å². The molecule has 0 aliphatic heterocycles. The van der Waals surface area contributed by atoms with Crippen LogP contribution in [0.1, 0.15) is 21.5 Å². The summed E-state index contributed by atoms with van der Waals surface area (Å²) in [6, 6.07) is 21.4. The molecule has 164 valence electrons. The van der Waals surface area contributed by atoms with E-state index in [9.17, 15) is 18.0 Å². The SMILES string of the molecule is Cc1ccccc1C(=O)Oc1ccc(/C=N\NC(=O)CNS(=O)(=O)c2ccccc2)cc1. The zero-order chi connectivity index (χ0) is 23.0. The van der Waals surface area contributed by atoms with Crippen molar-refractivity contribution in [3.63, 3.8) is 0 Å². The monoisotopic (exact) mass is 451 g/mol. The summed E-state index contributed by atoms with van der Waals surface area (Å²) >= 11 is 0. The largest absolute Gasteiger partial charge is 0.423 e. The number of hydrazone groups is 1. The van der Waals surface area contributed by atoms with Crippen molar-refractivity contribution in [3.05, 3.63) is 95.6 Å². The first kappa shape index (κ1) is 22.9. The third kappa shape index (κ3) is 6.34. The van der Waals surface area contributed by atoms with E-state index in [0.29, 0.717) is 16.9 Å². The van der Waals surface area contributed by atoms with Crippen LogP contribution in [0.5, 0.6) is 5.75 Å². The second-order valence-electron chi connectivity index (χ2n) is 6.70. The lowest BCUT2D eigenvalue weighted by molar-refractivity contribution is -0.119. The Morgan fingerprint density at radius 3 is 2.28 bits per heavy atom. The minimum absolute atomic E-state index is 0.0690. The summed E-state index contributed by atoms with van der Waals surface area (Å²) in [5, 5.41) is 3.80. The first-order chi connectivity index (χ1) is 15.3. The predicted octanol–water partition coefficient (Wildman–Crippen LogP) is 2.64. The van der Waals surface area contributed by atoms with Gasteiger partial charge in [0.25, 0.3) is 5.91 Å². The van der Waals surface area contributed by atoms with E-state index in [0.717, 1.165) is 5.56 Å². The minimum atomic E-state index is -3.77. The fraction of sp³-hybridized carbons (Fsp3) is 0.0870. The number of amides is 1. The van der Waals surface area contributed by atoms with Gasteiger partial charge in [0.2, 0.25) is 10.0 Å². The van der Waals surface area contributed by atoms with Gasteiger partial charge in [-0.15, -0.1) is 0 Å². The van der Waals surface area contributed by atoms with E-state index in [4.69, 9.17) is 4.74 Å². The summed E-state index contributed by atoms with van der Waals surface area (Å²) in [4.78, 5) is 24.2. The van der Waals surface area contributed by atoms with Crippen LogP contribution in [0.25, 0.3) is 0 Å². The van der Waals surface area contributed by atoms with Crippen LogP contribution in [-0.4, -0.2) is 33.1 Å². The van der Waals surface area contributed by atoms with E-state index in [1.807, 2.05) is 19.1 Å². The van der Waals surface area contributed by atoms with Crippen LogP contribution in [0, 0.1) is 6.92 Å². The molecule has 0 spiro atoms. The van der Waals surface area contributed by atoms with Gasteiger partial charge < -0.3 is 4.74 Å². The van der Waals surface area contributed by atoms with E-state index in [2.05, 4.69) is 15.2 Å². The molecule has 3 rings (SSSR count). The van der Waals surface area contributed by atoms with Crippen LogP contribution in [0.3, 0.4) is 0 Å². The Hall–Kier alpha value is -3.82. The molecule has 1 amide bonds. The van der Waals surface area contributed by atoms with Crippen molar-refractivity contribution in [2.45, 2.75) is 11.8 Å². The van der Waals surface area contributed by atoms with Crippen molar-refractivity contribution in [2.24, 2.45) is 5.10 Å². The van der Waals surface area contributed by atoms with Crippen molar-refractivity contribution in [1.82, 2.24) is 10.1 Å². The predicted molar refractivity (Wildman–Crippen MR) is 120 cm³/mol. The molecule has 32 heavy (non-hydrogen) atoms. The van der Waals surface area contributed by atoms with Crippen molar-refractivity contribution < 1.29 is 22.7 Å². The molecular weight excluding hydrogens is 430 g/mol. The molecule has 0 aromatic heterocycles. The molecule has 0 heterocycles. The second kappa shape index (κ2) is 10.5. The maximum atomic E-state index is 12.2. The molecule has 0 aliphatic carbocycles. The number of rotatable bonds is 8. The number of sulfonamides is 1. The maximum absolute atomic E-state index is 12.2. The lowest BCUT2D eigenvalue weighted by Crippen LogP contribution is -2.34. The van der Waals surface area contributed by atoms with Gasteiger partial charge in [-0.1, -0.05) is 36.4 Å². The fourth-order valence-electron chi connectivity index (χ4n) is 2.65. The molecule has 0 fully saturated rings. The van der Waals surface area contributed by atoms with Gasteiger partial charge in [0, 0.05) is 0 Å². The van der Waals surface area contributed by atoms with Crippen molar-refractivity contribution in [2.75, 3.05) is 6.54 Å². The molecule has 9 heteroatoms. The first-order valence-corrected chi connectivity index (χ1v) is 11.1. The normalized spacial score (nSPS) is 11.3. The van der Waals surface area contributed by atoms with Crippen LogP contribution in [0.2, 0.25) is 0 Å². The minimum Gasteiger partial charge on any atom is -0.423 e. The third-order valence-corrected chi connectivity index (χ3v) is 5.75. The highest BCUT2D eigenvalue weighted by atomic mass is 32.2. The third-order valence-electron chi connectivity index (χ3n) is 4.33. The number of nitrogens with zero attached hydrogens (tertiary/aromatic N) is 1. The quantitative estimate of drug-likeness (QED) is 0.237. The Morgan fingerprint density at radius 1 is 0.938 bits per heavy atom. The average Bonchev–Trinajstić information content (AvgIpc) is 2.80. The van der Waals surface area contributed by atoms with Crippen LogP contribution >= 0.6 is 0 Å². The molecule has 0 bridgehead atoms. The smallest absolute Gasteiger partial charge is 0.343 e. The van der Waals surface area contributed by atoms with Gasteiger partial charge in [0.05, 0.1) is 23.2 Å². The van der Waals surface area contributed by atoms with Gasteiger partial charge in [-0.2, -0.15) is 5.10 Å². The second-order valence-corrected chi connectivity index (χ2v) is 8.47. The molecule has 0 saturated carbocycles. The number of ether oxygens (including phenoxy) is 1. The number of hydrogen-bond donors (Lipinski definition) is 2. The number of nitrogens with one attached hydrogen (secondary N) is 2. The highest BCUT2D eigenvalue weighted by molar-refractivity contribution is 7.89. The Labute approximate surface area is 186 Å². The molecular formula is C23H21N3O5S. The Kier molecular flexibility index (Phi) is 7.48. The van der Waals surface area contributed by atoms with Gasteiger partial charge in [0.15, 0.2) is 0 Å². The highest BCUT2D eigenvalue weighted by Crippen LogP contribution is 2.15. The van der Waals surface area contributed by atoms with Gasteiger partial charge >= 0.3 is 5.97 Å². The van der Waals surface area contributed by atoms with Crippen LogP contribution < -0.4 is 14.9 Å². The Balaban J connectivity index is 1.49. The summed E-state index contributed by atoms with van der Waals surface area (Å²) in [7, 11) is -3.77. The molecule has 0 unspecified atom stereocenters. The van der Waals surface area contributed by atoms with Gasteiger partial charge in [-0.25, -0.2) is 23.4 Å². The van der Waals surface area contributed by atoms with Crippen molar-refractivity contribution in [1.29, 1.82) is 0 Å². The van der Waals surface area contributed by atoms with Crippen LogP contribution in [-0.2, 0) is 14.8 Å². The number of benzene rings is 3. The van der Waals surface area contributed by atoms with Crippen LogP contribution in [0.15, 0.2) is 88.9 Å². The summed E-state index contributed by atoms with van der Waals surface area (Å²) in [6.07, 6.45) is 1.39. The number of aryl methyl sites for hydroxylation is 1. The maximum Gasteiger partial charge on any atom is 0.343 e. The van der Waals surface area contributed by atoms with E-state index in [1.54, 1.807) is 54.6 Å². The summed E-state index contributed by atoms with van der Waals surface area (Å²) < 4.78 is 31.7. The van der Waals surface area contributed by atoms with Gasteiger partial charge in [-0.05, 0) is 60.5 Å². The number of esters is 1. The zero-order valence-electron chi connectivity index (χ0n) is 17.2. The van der Waals surface area contributed by atoms with E-state index >= 15 is 0 Å². The zero-order valence-corrected chi connectivity index (χ0v) is 18.0. The van der Waals surface area contributed by atoms with Crippen molar-refractivity contribution >= 4 is 28.1 Å². The van der Waals surface area contributed by atoms with E-state index < -0.39 is 28.4 Å². The summed E-state index contributed by atoms with van der Waals surface area (Å²) in [5.74, 6) is -0.700. The fourth-order valence-corrected chi connectivity index (χ4v) is 3.65. The lowest BCUT2D eigenvalue weighted by atomic mass is 10.1. The lowest BCUT2D eigenvalue weighted by Gasteiger charge is -2.07. The molecule has 0 atom stereocenters. The summed E-state index contributed by atoms with van der Waals surface area (Å²) in [6.45, 7) is 1.37. The highest BCUT2D eigenvalue weighted by Gasteiger charge is 2.14. The van der Waals surface area contributed by atoms with Crippen molar-refractivity contribution in [3.8, 4) is 5.75 Å². The molecule has 8 nitrogen and oxygen atoms in total. The first-order valence-electron chi connectivity index (χ1n) is 9.60. The average molecular weight is 452 g/mol. The van der Waals surface area contributed by atoms with Gasteiger partial charge in [-0.3, -0.25) is 4.79 Å². The Bertz CT molecular complexity index is 1220. The topological polar surface area (TPSA) is 114 Å². The Morgan fingerprint density at radius 2 is 1.59 bits per heavy atom. The number of carbonyl (C=O) groups is 2. The van der Waals surface area contributed by atoms with Gasteiger partial charge in [0.1, 0.15) is 5.75 Å². The number of carbonyl (C=O) groups excluding carboxylic acids is 2. The molecule has 3 aromatic carbocycles. The molecule has 0 radical (unpaired) electrons. The molecule has 3 aromatic rings. The number of hydrogen-bond acceptors (Lipinski definition) is 6. The molecule has 2 N–H and O–H groups in total. The molecule has 0 saturated heterocycles. The standard InChI is InChI=1S/C23H21N3O5S/c1-17-7-5-6-10-21(17)23(28)31-19-13-11-18(12-14-19)15-24-26-22(27)16-25-32(29,30)20-8-3-2-4-9-20/h2-15,25H,16H2,1H3,(H,26,27)/b24-15-.